The number of oxime groups is 1. The van der Waals surface area contributed by atoms with Gasteiger partial charge in [0, 0.05) is 10.0 Å². The molecule has 9 heteroatoms. The van der Waals surface area contributed by atoms with Crippen LogP contribution < -0.4 is 5.73 Å². The average molecular weight is 441 g/mol. The molecule has 0 aliphatic rings. The van der Waals surface area contributed by atoms with E-state index in [0.29, 0.717) is 26.7 Å². The van der Waals surface area contributed by atoms with Crippen molar-refractivity contribution in [2.75, 3.05) is 0 Å². The second-order valence-corrected chi connectivity index (χ2v) is 7.01. The number of nitrogens with two attached hydrogens (primary N) is 1. The van der Waals surface area contributed by atoms with Gasteiger partial charge in [0.25, 0.3) is 0 Å². The van der Waals surface area contributed by atoms with E-state index < -0.39 is 11.7 Å². The fourth-order valence-corrected chi connectivity index (χ4v) is 3.41. The molecule has 4 nitrogen and oxygen atoms in total. The van der Waals surface area contributed by atoms with E-state index in [0.717, 1.165) is 12.1 Å². The molecule has 0 unspecified atom stereocenters. The van der Waals surface area contributed by atoms with Gasteiger partial charge in [0.2, 0.25) is 0 Å². The fourth-order valence-electron chi connectivity index (χ4n) is 2.88. The Labute approximate surface area is 173 Å². The van der Waals surface area contributed by atoms with Gasteiger partial charge >= 0.3 is 6.18 Å². The van der Waals surface area contributed by atoms with Crippen LogP contribution in [0, 0.1) is 0 Å². The molecular weight excluding hydrogens is 428 g/mol. The first-order valence-electron chi connectivity index (χ1n) is 8.09. The lowest BCUT2D eigenvalue weighted by atomic mass is 9.91. The quantitative estimate of drug-likeness (QED) is 0.198. The van der Waals surface area contributed by atoms with Gasteiger partial charge in [0.1, 0.15) is 5.75 Å². The Hall–Kier alpha value is -2.90. The maximum atomic E-state index is 13.3. The van der Waals surface area contributed by atoms with Crippen molar-refractivity contribution in [3.05, 3.63) is 75.8 Å². The van der Waals surface area contributed by atoms with Crippen molar-refractivity contribution in [2.24, 2.45) is 10.9 Å². The molecule has 3 rings (SSSR count). The van der Waals surface area contributed by atoms with Gasteiger partial charge in [-0.05, 0) is 64.7 Å². The van der Waals surface area contributed by atoms with Crippen LogP contribution >= 0.6 is 23.2 Å². The molecule has 0 atom stereocenters. The van der Waals surface area contributed by atoms with Crippen LogP contribution in [0.25, 0.3) is 22.3 Å². The summed E-state index contributed by atoms with van der Waals surface area (Å²) >= 11 is 12.1. The third-order valence-electron chi connectivity index (χ3n) is 4.21. The van der Waals surface area contributed by atoms with Crippen LogP contribution in [0.1, 0.15) is 11.1 Å². The number of phenols is 1. The molecule has 0 spiro atoms. The lowest BCUT2D eigenvalue weighted by Crippen LogP contribution is -2.13. The Morgan fingerprint density at radius 3 is 2.10 bits per heavy atom. The summed E-state index contributed by atoms with van der Waals surface area (Å²) in [6.45, 7) is 0. The van der Waals surface area contributed by atoms with Crippen LogP contribution in [-0.4, -0.2) is 16.1 Å². The van der Waals surface area contributed by atoms with Crippen LogP contribution in [0.15, 0.2) is 59.8 Å². The summed E-state index contributed by atoms with van der Waals surface area (Å²) in [5, 5.41) is 22.3. The third-order valence-corrected chi connectivity index (χ3v) is 4.65. The van der Waals surface area contributed by atoms with Gasteiger partial charge in [-0.15, -0.1) is 0 Å². The number of rotatable bonds is 3. The third kappa shape index (κ3) is 4.41. The number of benzene rings is 3. The summed E-state index contributed by atoms with van der Waals surface area (Å²) in [5.41, 5.74) is 6.11. The van der Waals surface area contributed by atoms with E-state index in [4.69, 9.17) is 34.1 Å². The summed E-state index contributed by atoms with van der Waals surface area (Å²) in [6.07, 6.45) is -4.56. The second kappa shape index (κ2) is 7.85. The fraction of sp³-hybridized carbons (Fsp3) is 0.0500. The van der Waals surface area contributed by atoms with E-state index >= 15 is 0 Å². The first-order valence-corrected chi connectivity index (χ1v) is 8.84. The van der Waals surface area contributed by atoms with Crippen molar-refractivity contribution in [3.8, 4) is 28.0 Å². The van der Waals surface area contributed by atoms with E-state index in [1.165, 1.54) is 30.3 Å². The van der Waals surface area contributed by atoms with Gasteiger partial charge in [0.15, 0.2) is 5.84 Å². The van der Waals surface area contributed by atoms with Crippen molar-refractivity contribution >= 4 is 29.0 Å². The highest BCUT2D eigenvalue weighted by Gasteiger charge is 2.31. The van der Waals surface area contributed by atoms with Crippen LogP contribution in [-0.2, 0) is 6.18 Å². The number of hydrogen-bond donors (Lipinski definition) is 3. The van der Waals surface area contributed by atoms with Crippen LogP contribution in [0.5, 0.6) is 5.75 Å². The minimum Gasteiger partial charge on any atom is -0.507 e. The molecule has 0 heterocycles. The summed E-state index contributed by atoms with van der Waals surface area (Å²) in [6, 6.07) is 11.9. The standard InChI is InChI=1S/C20H13Cl2F3N2O2/c21-13-5-11(6-14(22)9-13)15-3-2-12(20(23,24)25)8-16(15)10-1-4-18(28)17(7-10)19(26)27-29/h1-9,28-29H,(H2,26,27). The molecule has 0 aromatic heterocycles. The van der Waals surface area contributed by atoms with E-state index in [-0.39, 0.29) is 22.7 Å². The Bertz CT molecular complexity index is 1100. The van der Waals surface area contributed by atoms with E-state index in [1.807, 2.05) is 0 Å². The average Bonchev–Trinajstić information content (AvgIpc) is 2.66. The van der Waals surface area contributed by atoms with E-state index in [2.05, 4.69) is 5.16 Å². The number of amidine groups is 1. The van der Waals surface area contributed by atoms with Gasteiger partial charge in [-0.2, -0.15) is 13.2 Å². The first-order chi connectivity index (χ1) is 13.6. The topological polar surface area (TPSA) is 78.8 Å². The Morgan fingerprint density at radius 1 is 0.862 bits per heavy atom. The molecule has 3 aromatic rings. The number of alkyl halides is 3. The molecule has 0 amide bonds. The highest BCUT2D eigenvalue weighted by atomic mass is 35.5. The van der Waals surface area contributed by atoms with E-state index in [1.54, 1.807) is 12.1 Å². The molecule has 0 aliphatic carbocycles. The summed E-state index contributed by atoms with van der Waals surface area (Å²) in [7, 11) is 0. The van der Waals surface area contributed by atoms with Gasteiger partial charge in [-0.3, -0.25) is 0 Å². The van der Waals surface area contributed by atoms with Crippen LogP contribution in [0.2, 0.25) is 10.0 Å². The van der Waals surface area contributed by atoms with Crippen molar-refractivity contribution in [3.63, 3.8) is 0 Å². The number of phenolic OH excluding ortho intramolecular Hbond substituents is 1. The highest BCUT2D eigenvalue weighted by molar-refractivity contribution is 6.35. The van der Waals surface area contributed by atoms with Gasteiger partial charge in [-0.1, -0.05) is 40.5 Å². The second-order valence-electron chi connectivity index (χ2n) is 6.13. The van der Waals surface area contributed by atoms with Crippen LogP contribution in [0.4, 0.5) is 13.2 Å². The minimum absolute atomic E-state index is 0.0301. The molecule has 0 saturated heterocycles. The first kappa shape index (κ1) is 20.8. The molecule has 0 aliphatic heterocycles. The Morgan fingerprint density at radius 2 is 1.52 bits per heavy atom. The summed E-state index contributed by atoms with van der Waals surface area (Å²) < 4.78 is 40.0. The Balaban J connectivity index is 2.31. The zero-order valence-electron chi connectivity index (χ0n) is 14.5. The molecule has 0 fully saturated rings. The van der Waals surface area contributed by atoms with E-state index in [9.17, 15) is 18.3 Å². The van der Waals surface area contributed by atoms with Gasteiger partial charge in [0.05, 0.1) is 11.1 Å². The van der Waals surface area contributed by atoms with Crippen molar-refractivity contribution in [1.29, 1.82) is 0 Å². The minimum atomic E-state index is -4.56. The molecular formula is C20H13Cl2F3N2O2. The zero-order chi connectivity index (χ0) is 21.3. The van der Waals surface area contributed by atoms with Crippen LogP contribution in [0.3, 0.4) is 0 Å². The SMILES string of the molecule is NC(=NO)c1cc(-c2cc(C(F)(F)F)ccc2-c2cc(Cl)cc(Cl)c2)ccc1O. The lowest BCUT2D eigenvalue weighted by Gasteiger charge is -2.16. The summed E-state index contributed by atoms with van der Waals surface area (Å²) in [4.78, 5) is 0. The number of aromatic hydroxyl groups is 1. The van der Waals surface area contributed by atoms with Crippen molar-refractivity contribution in [2.45, 2.75) is 6.18 Å². The monoisotopic (exact) mass is 440 g/mol. The maximum absolute atomic E-state index is 13.3. The smallest absolute Gasteiger partial charge is 0.416 e. The number of nitrogens with zero attached hydrogens (tertiary/aromatic N) is 1. The lowest BCUT2D eigenvalue weighted by molar-refractivity contribution is -0.137. The molecule has 0 saturated carbocycles. The maximum Gasteiger partial charge on any atom is 0.416 e. The predicted molar refractivity (Wildman–Crippen MR) is 107 cm³/mol. The molecule has 29 heavy (non-hydrogen) atoms. The van der Waals surface area contributed by atoms with Gasteiger partial charge in [-0.25, -0.2) is 0 Å². The molecule has 4 N–H and O–H groups in total. The number of halogens is 5. The Kier molecular flexibility index (Phi) is 5.64. The van der Waals surface area contributed by atoms with Crippen molar-refractivity contribution in [1.82, 2.24) is 0 Å². The largest absolute Gasteiger partial charge is 0.507 e. The predicted octanol–water partition coefficient (Wildman–Crippen LogP) is 6.15. The molecule has 150 valence electrons. The number of hydrogen-bond acceptors (Lipinski definition) is 3. The highest BCUT2D eigenvalue weighted by Crippen LogP contribution is 2.40. The molecule has 0 radical (unpaired) electrons. The zero-order valence-corrected chi connectivity index (χ0v) is 16.0. The summed E-state index contributed by atoms with van der Waals surface area (Å²) in [5.74, 6) is -0.674. The molecule has 3 aromatic carbocycles. The van der Waals surface area contributed by atoms with Gasteiger partial charge < -0.3 is 16.0 Å². The normalized spacial score (nSPS) is 12.2. The molecule has 0 bridgehead atoms. The van der Waals surface area contributed by atoms with Crippen molar-refractivity contribution < 1.29 is 23.5 Å².